The third kappa shape index (κ3) is 2.41. The Kier molecular flexibility index (Phi) is 2.97. The summed E-state index contributed by atoms with van der Waals surface area (Å²) in [5.41, 5.74) is 0. The Morgan fingerprint density at radius 3 is 2.75 bits per heavy atom. The maximum Gasteiger partial charge on any atom is 0.315 e. The van der Waals surface area contributed by atoms with Gasteiger partial charge in [0.1, 0.15) is 0 Å². The van der Waals surface area contributed by atoms with E-state index < -0.39 is 12.3 Å². The molecule has 2 unspecified atom stereocenters. The van der Waals surface area contributed by atoms with Crippen LogP contribution in [0.4, 0.5) is 8.78 Å². The van der Waals surface area contributed by atoms with Crippen molar-refractivity contribution in [3.63, 3.8) is 0 Å². The molecule has 0 radical (unpaired) electrons. The fourth-order valence-electron chi connectivity index (χ4n) is 1.31. The van der Waals surface area contributed by atoms with E-state index in [0.717, 1.165) is 6.42 Å². The lowest BCUT2D eigenvalue weighted by Crippen LogP contribution is -2.39. The molecule has 1 heterocycles. The van der Waals surface area contributed by atoms with Gasteiger partial charge in [-0.15, -0.1) is 0 Å². The zero-order valence-corrected chi connectivity index (χ0v) is 6.81. The summed E-state index contributed by atoms with van der Waals surface area (Å²) in [4.78, 5) is 10.5. The van der Waals surface area contributed by atoms with Crippen molar-refractivity contribution < 1.29 is 13.6 Å². The Morgan fingerprint density at radius 2 is 2.33 bits per heavy atom. The smallest absolute Gasteiger partial charge is 0.315 e. The Labute approximate surface area is 69.5 Å². The highest BCUT2D eigenvalue weighted by atomic mass is 19.3. The van der Waals surface area contributed by atoms with Gasteiger partial charge >= 0.3 is 6.43 Å². The molecular formula is C7H12F2N2O. The minimum Gasteiger partial charge on any atom is -0.347 e. The summed E-state index contributed by atoms with van der Waals surface area (Å²) < 4.78 is 23.5. The number of amides is 1. The van der Waals surface area contributed by atoms with Crippen LogP contribution in [-0.4, -0.2) is 31.0 Å². The lowest BCUT2D eigenvalue weighted by molar-refractivity contribution is -0.132. The predicted octanol–water partition coefficient (Wildman–Crippen LogP) is 0.118. The summed E-state index contributed by atoms with van der Waals surface area (Å²) in [7, 11) is 0. The Bertz CT molecular complexity index is 175. The SMILES string of the molecule is CC1CC(NC(=O)C(F)F)CN1. The number of nitrogens with one attached hydrogen (secondary N) is 2. The van der Waals surface area contributed by atoms with E-state index in [0.29, 0.717) is 12.6 Å². The number of rotatable bonds is 2. The average Bonchev–Trinajstić information content (AvgIpc) is 2.35. The number of hydrogen-bond donors (Lipinski definition) is 2. The van der Waals surface area contributed by atoms with Crippen LogP contribution in [0.2, 0.25) is 0 Å². The Hall–Kier alpha value is -0.710. The van der Waals surface area contributed by atoms with E-state index in [9.17, 15) is 13.6 Å². The standard InChI is InChI=1S/C7H12F2N2O/c1-4-2-5(3-10-4)11-7(12)6(8)9/h4-6,10H,2-3H2,1H3,(H,11,12). The van der Waals surface area contributed by atoms with Crippen molar-refractivity contribution in [2.75, 3.05) is 6.54 Å². The van der Waals surface area contributed by atoms with Crippen LogP contribution in [-0.2, 0) is 4.79 Å². The molecule has 12 heavy (non-hydrogen) atoms. The van der Waals surface area contributed by atoms with E-state index in [4.69, 9.17) is 0 Å². The molecule has 2 atom stereocenters. The van der Waals surface area contributed by atoms with Gasteiger partial charge in [-0.3, -0.25) is 4.79 Å². The molecule has 0 aromatic heterocycles. The summed E-state index contributed by atoms with van der Waals surface area (Å²) in [6, 6.07) is 0.162. The average molecular weight is 178 g/mol. The first kappa shape index (κ1) is 9.38. The van der Waals surface area contributed by atoms with E-state index in [-0.39, 0.29) is 6.04 Å². The van der Waals surface area contributed by atoms with Gasteiger partial charge in [0.15, 0.2) is 0 Å². The molecule has 0 aliphatic carbocycles. The molecule has 1 aliphatic heterocycles. The normalized spacial score (nSPS) is 29.3. The first-order valence-corrected chi connectivity index (χ1v) is 3.91. The quantitative estimate of drug-likeness (QED) is 0.630. The van der Waals surface area contributed by atoms with Gasteiger partial charge in [0.25, 0.3) is 5.91 Å². The maximum atomic E-state index is 11.7. The number of carbonyl (C=O) groups excluding carboxylic acids is 1. The fourth-order valence-corrected chi connectivity index (χ4v) is 1.31. The van der Waals surface area contributed by atoms with Gasteiger partial charge in [0.2, 0.25) is 0 Å². The van der Waals surface area contributed by atoms with Crippen LogP contribution in [0.25, 0.3) is 0 Å². The van der Waals surface area contributed by atoms with Gasteiger partial charge < -0.3 is 10.6 Å². The van der Waals surface area contributed by atoms with Crippen LogP contribution in [0.1, 0.15) is 13.3 Å². The van der Waals surface area contributed by atoms with Crippen LogP contribution in [0.3, 0.4) is 0 Å². The molecular weight excluding hydrogens is 166 g/mol. The van der Waals surface area contributed by atoms with Gasteiger partial charge in [-0.05, 0) is 13.3 Å². The molecule has 0 spiro atoms. The van der Waals surface area contributed by atoms with Crippen molar-refractivity contribution in [3.8, 4) is 0 Å². The summed E-state index contributed by atoms with van der Waals surface area (Å²) in [5.74, 6) is -1.17. The van der Waals surface area contributed by atoms with Crippen molar-refractivity contribution >= 4 is 5.91 Å². The second-order valence-electron chi connectivity index (χ2n) is 3.05. The van der Waals surface area contributed by atoms with Gasteiger partial charge in [-0.25, -0.2) is 0 Å². The third-order valence-electron chi connectivity index (χ3n) is 1.90. The lowest BCUT2D eigenvalue weighted by atomic mass is 10.2. The number of halogens is 2. The molecule has 1 rings (SSSR count). The van der Waals surface area contributed by atoms with E-state index in [1.165, 1.54) is 0 Å². The molecule has 2 N–H and O–H groups in total. The highest BCUT2D eigenvalue weighted by molar-refractivity contribution is 5.79. The van der Waals surface area contributed by atoms with E-state index in [1.54, 1.807) is 0 Å². The largest absolute Gasteiger partial charge is 0.347 e. The zero-order valence-electron chi connectivity index (χ0n) is 6.81. The van der Waals surface area contributed by atoms with Gasteiger partial charge in [-0.1, -0.05) is 0 Å². The van der Waals surface area contributed by atoms with E-state index in [2.05, 4.69) is 10.6 Å². The Morgan fingerprint density at radius 1 is 1.67 bits per heavy atom. The second kappa shape index (κ2) is 3.80. The van der Waals surface area contributed by atoms with Crippen LogP contribution < -0.4 is 10.6 Å². The highest BCUT2D eigenvalue weighted by Gasteiger charge is 2.25. The van der Waals surface area contributed by atoms with Crippen molar-refractivity contribution in [3.05, 3.63) is 0 Å². The van der Waals surface area contributed by atoms with Crippen LogP contribution in [0.15, 0.2) is 0 Å². The summed E-state index contributed by atoms with van der Waals surface area (Å²) >= 11 is 0. The third-order valence-corrected chi connectivity index (χ3v) is 1.90. The Balaban J connectivity index is 2.28. The molecule has 70 valence electrons. The highest BCUT2D eigenvalue weighted by Crippen LogP contribution is 2.06. The molecule has 0 saturated carbocycles. The van der Waals surface area contributed by atoms with Crippen molar-refractivity contribution in [2.24, 2.45) is 0 Å². The number of carbonyl (C=O) groups is 1. The molecule has 0 bridgehead atoms. The van der Waals surface area contributed by atoms with E-state index >= 15 is 0 Å². The molecule has 1 fully saturated rings. The first-order valence-electron chi connectivity index (χ1n) is 3.91. The monoisotopic (exact) mass is 178 g/mol. The number of hydrogen-bond acceptors (Lipinski definition) is 2. The molecule has 1 aliphatic rings. The van der Waals surface area contributed by atoms with Crippen molar-refractivity contribution in [1.29, 1.82) is 0 Å². The maximum absolute atomic E-state index is 11.7. The fraction of sp³-hybridized carbons (Fsp3) is 0.857. The molecule has 0 aromatic carbocycles. The van der Waals surface area contributed by atoms with Crippen LogP contribution in [0, 0.1) is 0 Å². The minimum absolute atomic E-state index is 0.137. The molecule has 1 saturated heterocycles. The van der Waals surface area contributed by atoms with Crippen LogP contribution in [0.5, 0.6) is 0 Å². The molecule has 0 aromatic rings. The second-order valence-corrected chi connectivity index (χ2v) is 3.05. The number of alkyl halides is 2. The van der Waals surface area contributed by atoms with Crippen molar-refractivity contribution in [1.82, 2.24) is 10.6 Å². The van der Waals surface area contributed by atoms with Gasteiger partial charge in [-0.2, -0.15) is 8.78 Å². The molecule has 3 nitrogen and oxygen atoms in total. The molecule has 5 heteroatoms. The minimum atomic E-state index is -2.90. The predicted molar refractivity (Wildman–Crippen MR) is 40.0 cm³/mol. The summed E-state index contributed by atoms with van der Waals surface area (Å²) in [5, 5.41) is 5.31. The van der Waals surface area contributed by atoms with Crippen molar-refractivity contribution in [2.45, 2.75) is 31.9 Å². The van der Waals surface area contributed by atoms with E-state index in [1.807, 2.05) is 6.92 Å². The van der Waals surface area contributed by atoms with Gasteiger partial charge in [0, 0.05) is 18.6 Å². The zero-order chi connectivity index (χ0) is 9.14. The van der Waals surface area contributed by atoms with Crippen LogP contribution >= 0.6 is 0 Å². The topological polar surface area (TPSA) is 41.1 Å². The van der Waals surface area contributed by atoms with Gasteiger partial charge in [0.05, 0.1) is 0 Å². The summed E-state index contributed by atoms with van der Waals surface area (Å²) in [6.45, 7) is 2.54. The molecule has 1 amide bonds. The summed E-state index contributed by atoms with van der Waals surface area (Å²) in [6.07, 6.45) is -2.18. The first-order chi connectivity index (χ1) is 5.59. The lowest BCUT2D eigenvalue weighted by Gasteiger charge is -2.10.